The van der Waals surface area contributed by atoms with E-state index in [1.165, 1.54) is 10.4 Å². The Balaban J connectivity index is 1.69. The molecule has 0 radical (unpaired) electrons. The second-order valence-electron chi connectivity index (χ2n) is 9.51. The van der Waals surface area contributed by atoms with Crippen molar-refractivity contribution in [3.05, 3.63) is 90.5 Å². The Bertz CT molecular complexity index is 975. The van der Waals surface area contributed by atoms with Crippen LogP contribution in [0.2, 0.25) is 5.04 Å². The molecule has 0 aliphatic rings. The van der Waals surface area contributed by atoms with Crippen LogP contribution in [0.25, 0.3) is 0 Å². The van der Waals surface area contributed by atoms with E-state index in [4.69, 9.17) is 9.16 Å². The lowest BCUT2D eigenvalue weighted by Gasteiger charge is -2.43. The monoisotopic (exact) mass is 475 g/mol. The summed E-state index contributed by atoms with van der Waals surface area (Å²) >= 11 is 0. The van der Waals surface area contributed by atoms with Crippen molar-refractivity contribution >= 4 is 30.3 Å². The summed E-state index contributed by atoms with van der Waals surface area (Å²) in [6.45, 7) is 10.4. The van der Waals surface area contributed by atoms with Gasteiger partial charge in [-0.1, -0.05) is 94.8 Å². The van der Waals surface area contributed by atoms with E-state index < -0.39 is 8.32 Å². The fraction of sp³-hybridized carbons (Fsp3) is 0.345. The Labute approximate surface area is 205 Å². The van der Waals surface area contributed by atoms with E-state index in [9.17, 15) is 4.79 Å². The average molecular weight is 476 g/mol. The predicted octanol–water partition coefficient (Wildman–Crippen LogP) is 5.63. The number of carbonyl (C=O) groups excluding carboxylic acids is 1. The zero-order valence-corrected chi connectivity index (χ0v) is 21.8. The number of hydrogen-bond acceptors (Lipinski definition) is 4. The van der Waals surface area contributed by atoms with Gasteiger partial charge in [-0.05, 0) is 46.1 Å². The smallest absolute Gasteiger partial charge is 0.338 e. The van der Waals surface area contributed by atoms with Crippen molar-refractivity contribution in [1.29, 1.82) is 0 Å². The van der Waals surface area contributed by atoms with Gasteiger partial charge in [0.15, 0.2) is 0 Å². The third kappa shape index (κ3) is 6.16. The molecule has 0 spiro atoms. The van der Waals surface area contributed by atoms with Gasteiger partial charge in [-0.2, -0.15) is 0 Å². The molecule has 0 fully saturated rings. The van der Waals surface area contributed by atoms with Gasteiger partial charge in [0.2, 0.25) is 0 Å². The Morgan fingerprint density at radius 1 is 0.824 bits per heavy atom. The highest BCUT2D eigenvalue weighted by Crippen LogP contribution is 2.36. The second-order valence-corrected chi connectivity index (χ2v) is 13.8. The molecule has 0 saturated heterocycles. The number of ether oxygens (including phenoxy) is 1. The molecule has 1 N–H and O–H groups in total. The van der Waals surface area contributed by atoms with Crippen molar-refractivity contribution in [3.8, 4) is 0 Å². The maximum absolute atomic E-state index is 12.6. The molecule has 34 heavy (non-hydrogen) atoms. The maximum Gasteiger partial charge on any atom is 0.338 e. The number of carbonyl (C=O) groups is 1. The van der Waals surface area contributed by atoms with Crippen molar-refractivity contribution in [2.75, 3.05) is 25.1 Å². The first kappa shape index (κ1) is 25.7. The largest absolute Gasteiger partial charge is 0.460 e. The number of unbranched alkanes of at least 4 members (excludes halogenated alkanes) is 1. The van der Waals surface area contributed by atoms with E-state index in [2.05, 4.69) is 81.5 Å². The molecule has 180 valence electrons. The fourth-order valence-corrected chi connectivity index (χ4v) is 8.85. The summed E-state index contributed by atoms with van der Waals surface area (Å²) in [7, 11) is -2.62. The van der Waals surface area contributed by atoms with Crippen LogP contribution in [0.5, 0.6) is 0 Å². The van der Waals surface area contributed by atoms with Gasteiger partial charge in [-0.3, -0.25) is 0 Å². The summed E-state index contributed by atoms with van der Waals surface area (Å²) in [5.74, 6) is -0.328. The van der Waals surface area contributed by atoms with Gasteiger partial charge >= 0.3 is 5.97 Å². The van der Waals surface area contributed by atoms with Crippen LogP contribution in [-0.2, 0) is 9.16 Å². The number of benzene rings is 3. The fourth-order valence-electron chi connectivity index (χ4n) is 4.31. The summed E-state index contributed by atoms with van der Waals surface area (Å²) in [6.07, 6.45) is 2.27. The quantitative estimate of drug-likeness (QED) is 0.222. The standard InChI is InChI=1S/C29H37NO3Si/c1-5-6-21-30-25-19-17-24(18-20-25)28(31)32-22-23-33-34(29(2,3)4,26-13-9-7-10-14-26)27-15-11-8-12-16-27/h7-20,30H,5-6,21-23H2,1-4H3. The molecule has 3 rings (SSSR count). The van der Waals surface area contributed by atoms with E-state index in [0.717, 1.165) is 25.1 Å². The first-order valence-corrected chi connectivity index (χ1v) is 14.1. The SMILES string of the molecule is CCCCNc1ccc(C(=O)OCCO[Si](c2ccccc2)(c2ccccc2)C(C)(C)C)cc1. The number of anilines is 1. The highest BCUT2D eigenvalue weighted by molar-refractivity contribution is 6.99. The lowest BCUT2D eigenvalue weighted by molar-refractivity contribution is 0.0444. The minimum atomic E-state index is -2.62. The topological polar surface area (TPSA) is 47.6 Å². The van der Waals surface area contributed by atoms with Gasteiger partial charge in [-0.25, -0.2) is 4.79 Å². The van der Waals surface area contributed by atoms with Crippen LogP contribution in [0.1, 0.15) is 50.9 Å². The molecule has 0 aliphatic carbocycles. The maximum atomic E-state index is 12.6. The van der Waals surface area contributed by atoms with Crippen LogP contribution < -0.4 is 15.7 Å². The van der Waals surface area contributed by atoms with Crippen LogP contribution in [0.4, 0.5) is 5.69 Å². The highest BCUT2D eigenvalue weighted by Gasteiger charge is 2.50. The lowest BCUT2D eigenvalue weighted by Crippen LogP contribution is -2.66. The van der Waals surface area contributed by atoms with Gasteiger partial charge in [0.25, 0.3) is 8.32 Å². The van der Waals surface area contributed by atoms with Crippen LogP contribution in [0.3, 0.4) is 0 Å². The number of nitrogens with one attached hydrogen (secondary N) is 1. The molecule has 3 aromatic rings. The number of rotatable bonds is 11. The molecule has 4 nitrogen and oxygen atoms in total. The molecular formula is C29H37NO3Si. The van der Waals surface area contributed by atoms with Gasteiger partial charge < -0.3 is 14.5 Å². The summed E-state index contributed by atoms with van der Waals surface area (Å²) in [4.78, 5) is 12.6. The average Bonchev–Trinajstić information content (AvgIpc) is 2.85. The van der Waals surface area contributed by atoms with E-state index in [0.29, 0.717) is 12.2 Å². The summed E-state index contributed by atoms with van der Waals surface area (Å²) in [6, 6.07) is 28.4. The van der Waals surface area contributed by atoms with E-state index in [1.54, 1.807) is 12.1 Å². The molecule has 0 heterocycles. The van der Waals surface area contributed by atoms with Crippen molar-refractivity contribution in [3.63, 3.8) is 0 Å². The molecule has 0 atom stereocenters. The number of esters is 1. The van der Waals surface area contributed by atoms with Crippen molar-refractivity contribution < 1.29 is 14.0 Å². The van der Waals surface area contributed by atoms with Crippen LogP contribution in [-0.4, -0.2) is 34.0 Å². The van der Waals surface area contributed by atoms with E-state index in [1.807, 2.05) is 24.3 Å². The second kappa shape index (κ2) is 12.0. The Morgan fingerprint density at radius 2 is 1.38 bits per heavy atom. The van der Waals surface area contributed by atoms with Crippen molar-refractivity contribution in [1.82, 2.24) is 0 Å². The zero-order chi connectivity index (χ0) is 24.4. The first-order valence-electron chi connectivity index (χ1n) is 12.1. The molecule has 0 bridgehead atoms. The van der Waals surface area contributed by atoms with Gasteiger partial charge in [0.05, 0.1) is 12.2 Å². The number of hydrogen-bond donors (Lipinski definition) is 1. The molecule has 3 aromatic carbocycles. The van der Waals surface area contributed by atoms with E-state index >= 15 is 0 Å². The summed E-state index contributed by atoms with van der Waals surface area (Å²) in [5.41, 5.74) is 1.56. The minimum Gasteiger partial charge on any atom is -0.460 e. The Kier molecular flexibility index (Phi) is 9.08. The third-order valence-electron chi connectivity index (χ3n) is 6.03. The molecule has 0 unspecified atom stereocenters. The molecule has 0 amide bonds. The predicted molar refractivity (Wildman–Crippen MR) is 144 cm³/mol. The van der Waals surface area contributed by atoms with Crippen LogP contribution >= 0.6 is 0 Å². The third-order valence-corrected chi connectivity index (χ3v) is 11.1. The summed E-state index contributed by atoms with van der Waals surface area (Å²) < 4.78 is 12.4. The highest BCUT2D eigenvalue weighted by atomic mass is 28.4. The van der Waals surface area contributed by atoms with Gasteiger partial charge in [0.1, 0.15) is 6.61 Å². The minimum absolute atomic E-state index is 0.111. The molecule has 5 heteroatoms. The molecular weight excluding hydrogens is 438 g/mol. The molecule has 0 saturated carbocycles. The Hall–Kier alpha value is -2.89. The van der Waals surface area contributed by atoms with Gasteiger partial charge in [0, 0.05) is 12.2 Å². The summed E-state index contributed by atoms with van der Waals surface area (Å²) in [5, 5.41) is 5.68. The van der Waals surface area contributed by atoms with Crippen LogP contribution in [0, 0.1) is 0 Å². The normalized spacial score (nSPS) is 11.8. The molecule has 0 aliphatic heterocycles. The van der Waals surface area contributed by atoms with E-state index in [-0.39, 0.29) is 17.6 Å². The zero-order valence-electron chi connectivity index (χ0n) is 20.8. The molecule has 0 aromatic heterocycles. The first-order chi connectivity index (χ1) is 16.4. The lowest BCUT2D eigenvalue weighted by atomic mass is 10.2. The Morgan fingerprint density at radius 3 is 1.88 bits per heavy atom. The van der Waals surface area contributed by atoms with Crippen molar-refractivity contribution in [2.24, 2.45) is 0 Å². The van der Waals surface area contributed by atoms with Gasteiger partial charge in [-0.15, -0.1) is 0 Å². The van der Waals surface area contributed by atoms with Crippen LogP contribution in [0.15, 0.2) is 84.9 Å². The van der Waals surface area contributed by atoms with Crippen molar-refractivity contribution in [2.45, 2.75) is 45.6 Å².